The molecule has 1 amide bonds. The Morgan fingerprint density at radius 1 is 1.50 bits per heavy atom. The second-order valence-corrected chi connectivity index (χ2v) is 4.95. The van der Waals surface area contributed by atoms with Gasteiger partial charge in [0.15, 0.2) is 0 Å². The minimum atomic E-state index is -0.126. The lowest BCUT2D eigenvalue weighted by Crippen LogP contribution is -2.14. The molecule has 1 aromatic carbocycles. The number of aryl methyl sites for hydroxylation is 2. The van der Waals surface area contributed by atoms with E-state index in [2.05, 4.69) is 31.4 Å². The fourth-order valence-electron chi connectivity index (χ4n) is 1.75. The number of aromatic nitrogens is 2. The molecule has 0 saturated carbocycles. The normalized spacial score (nSPS) is 10.4. The van der Waals surface area contributed by atoms with E-state index in [0.717, 1.165) is 22.0 Å². The predicted molar refractivity (Wildman–Crippen MR) is 74.8 cm³/mol. The molecular weight excluding hydrogens is 294 g/mol. The summed E-state index contributed by atoms with van der Waals surface area (Å²) >= 11 is 3.38. The second kappa shape index (κ2) is 5.35. The zero-order valence-electron chi connectivity index (χ0n) is 10.2. The summed E-state index contributed by atoms with van der Waals surface area (Å²) in [6, 6.07) is 5.58. The third-order valence-electron chi connectivity index (χ3n) is 2.77. The Labute approximate surface area is 114 Å². The van der Waals surface area contributed by atoms with Crippen LogP contribution in [0.4, 0.5) is 5.82 Å². The van der Waals surface area contributed by atoms with Gasteiger partial charge in [-0.1, -0.05) is 22.9 Å². The van der Waals surface area contributed by atoms with Gasteiger partial charge in [-0.05, 0) is 37.1 Å². The van der Waals surface area contributed by atoms with E-state index in [9.17, 15) is 4.79 Å². The van der Waals surface area contributed by atoms with E-state index >= 15 is 0 Å². The fraction of sp³-hybridized carbons (Fsp3) is 0.231. The molecule has 0 atom stereocenters. The summed E-state index contributed by atoms with van der Waals surface area (Å²) in [5.74, 6) is 0.545. The van der Waals surface area contributed by atoms with Crippen LogP contribution in [0.3, 0.4) is 0 Å². The third-order valence-corrected chi connectivity index (χ3v) is 3.26. The molecule has 0 bridgehead atoms. The summed E-state index contributed by atoms with van der Waals surface area (Å²) in [6.07, 6.45) is 2.55. The van der Waals surface area contributed by atoms with Gasteiger partial charge in [-0.2, -0.15) is 5.10 Å². The van der Waals surface area contributed by atoms with E-state index in [0.29, 0.717) is 11.4 Å². The van der Waals surface area contributed by atoms with Gasteiger partial charge in [0.05, 0.1) is 6.20 Å². The molecule has 2 N–H and O–H groups in total. The van der Waals surface area contributed by atoms with Crippen molar-refractivity contribution in [2.75, 3.05) is 5.32 Å². The van der Waals surface area contributed by atoms with Crippen LogP contribution in [0.2, 0.25) is 0 Å². The summed E-state index contributed by atoms with van der Waals surface area (Å²) in [5, 5.41) is 9.57. The Hall–Kier alpha value is -1.62. The van der Waals surface area contributed by atoms with Crippen molar-refractivity contribution in [2.45, 2.75) is 20.3 Å². The smallest absolute Gasteiger partial charge is 0.257 e. The number of nitrogens with one attached hydrogen (secondary N) is 2. The Bertz CT molecular complexity index is 577. The topological polar surface area (TPSA) is 57.8 Å². The van der Waals surface area contributed by atoms with Crippen LogP contribution >= 0.6 is 15.9 Å². The molecule has 2 aromatic rings. The third kappa shape index (κ3) is 2.61. The highest BCUT2D eigenvalue weighted by Crippen LogP contribution is 2.18. The summed E-state index contributed by atoms with van der Waals surface area (Å²) in [5.41, 5.74) is 2.59. The molecule has 0 spiro atoms. The Morgan fingerprint density at radius 2 is 2.28 bits per heavy atom. The number of rotatable bonds is 3. The van der Waals surface area contributed by atoms with E-state index in [1.54, 1.807) is 12.3 Å². The lowest BCUT2D eigenvalue weighted by molar-refractivity contribution is 0.102. The number of carbonyl (C=O) groups excluding carboxylic acids is 1. The van der Waals surface area contributed by atoms with Crippen molar-refractivity contribution in [2.24, 2.45) is 0 Å². The number of amides is 1. The zero-order valence-corrected chi connectivity index (χ0v) is 11.8. The molecule has 0 aliphatic heterocycles. The number of hydrogen-bond acceptors (Lipinski definition) is 2. The molecule has 0 fully saturated rings. The van der Waals surface area contributed by atoms with Gasteiger partial charge < -0.3 is 5.32 Å². The average Bonchev–Trinajstić information content (AvgIpc) is 2.76. The zero-order chi connectivity index (χ0) is 13.1. The van der Waals surface area contributed by atoms with Crippen LogP contribution in [-0.2, 0) is 6.42 Å². The average molecular weight is 308 g/mol. The minimum absolute atomic E-state index is 0.126. The summed E-state index contributed by atoms with van der Waals surface area (Å²) in [4.78, 5) is 12.1. The number of halogens is 1. The lowest BCUT2D eigenvalue weighted by Gasteiger charge is -2.07. The largest absolute Gasteiger partial charge is 0.307 e. The van der Waals surface area contributed by atoms with Crippen molar-refractivity contribution >= 4 is 27.7 Å². The summed E-state index contributed by atoms with van der Waals surface area (Å²) in [7, 11) is 0. The van der Waals surface area contributed by atoms with Crippen molar-refractivity contribution in [1.82, 2.24) is 10.2 Å². The molecule has 0 aliphatic carbocycles. The van der Waals surface area contributed by atoms with Crippen molar-refractivity contribution in [3.8, 4) is 0 Å². The maximum absolute atomic E-state index is 12.1. The molecule has 0 unspecified atom stereocenters. The molecule has 94 valence electrons. The number of aromatic amines is 1. The van der Waals surface area contributed by atoms with Crippen LogP contribution in [0.15, 0.2) is 28.9 Å². The van der Waals surface area contributed by atoms with Gasteiger partial charge in [0, 0.05) is 15.6 Å². The number of nitrogens with zero attached hydrogens (tertiary/aromatic N) is 1. The molecule has 1 heterocycles. The molecule has 0 aliphatic rings. The Balaban J connectivity index is 2.22. The SMILES string of the molecule is CCc1cn[nH]c1NC(=O)c1ccc(Br)cc1C. The number of benzene rings is 1. The quantitative estimate of drug-likeness (QED) is 0.914. The maximum atomic E-state index is 12.1. The van der Waals surface area contributed by atoms with E-state index in [1.807, 2.05) is 26.0 Å². The molecule has 1 aromatic heterocycles. The number of carbonyl (C=O) groups is 1. The first kappa shape index (κ1) is 12.8. The molecule has 5 heteroatoms. The highest BCUT2D eigenvalue weighted by molar-refractivity contribution is 9.10. The first-order valence-corrected chi connectivity index (χ1v) is 6.51. The van der Waals surface area contributed by atoms with Crippen molar-refractivity contribution < 1.29 is 4.79 Å². The molecule has 0 saturated heterocycles. The van der Waals surface area contributed by atoms with Crippen LogP contribution in [-0.4, -0.2) is 16.1 Å². The van der Waals surface area contributed by atoms with Gasteiger partial charge in [-0.3, -0.25) is 9.89 Å². The highest BCUT2D eigenvalue weighted by Gasteiger charge is 2.12. The van der Waals surface area contributed by atoms with E-state index in [1.165, 1.54) is 0 Å². The first-order valence-electron chi connectivity index (χ1n) is 5.71. The fourth-order valence-corrected chi connectivity index (χ4v) is 2.23. The highest BCUT2D eigenvalue weighted by atomic mass is 79.9. The lowest BCUT2D eigenvalue weighted by atomic mass is 10.1. The predicted octanol–water partition coefficient (Wildman–Crippen LogP) is 3.30. The minimum Gasteiger partial charge on any atom is -0.307 e. The Kier molecular flexibility index (Phi) is 3.81. The molecule has 18 heavy (non-hydrogen) atoms. The van der Waals surface area contributed by atoms with Gasteiger partial charge in [-0.15, -0.1) is 0 Å². The van der Waals surface area contributed by atoms with Gasteiger partial charge >= 0.3 is 0 Å². The summed E-state index contributed by atoms with van der Waals surface area (Å²) < 4.78 is 0.965. The van der Waals surface area contributed by atoms with Crippen molar-refractivity contribution in [1.29, 1.82) is 0 Å². The number of hydrogen-bond donors (Lipinski definition) is 2. The van der Waals surface area contributed by atoms with Gasteiger partial charge in [-0.25, -0.2) is 0 Å². The van der Waals surface area contributed by atoms with Gasteiger partial charge in [0.1, 0.15) is 5.82 Å². The van der Waals surface area contributed by atoms with Crippen molar-refractivity contribution in [3.05, 3.63) is 45.6 Å². The van der Waals surface area contributed by atoms with E-state index in [4.69, 9.17) is 0 Å². The van der Waals surface area contributed by atoms with Crippen LogP contribution in [0.1, 0.15) is 28.4 Å². The van der Waals surface area contributed by atoms with Crippen LogP contribution in [0.25, 0.3) is 0 Å². The maximum Gasteiger partial charge on any atom is 0.257 e. The van der Waals surface area contributed by atoms with Crippen LogP contribution in [0, 0.1) is 6.92 Å². The van der Waals surface area contributed by atoms with Crippen LogP contribution < -0.4 is 5.32 Å². The molecule has 4 nitrogen and oxygen atoms in total. The monoisotopic (exact) mass is 307 g/mol. The van der Waals surface area contributed by atoms with Gasteiger partial charge in [0.25, 0.3) is 5.91 Å². The van der Waals surface area contributed by atoms with E-state index in [-0.39, 0.29) is 5.91 Å². The van der Waals surface area contributed by atoms with E-state index < -0.39 is 0 Å². The Morgan fingerprint density at radius 3 is 2.94 bits per heavy atom. The number of H-pyrrole nitrogens is 1. The second-order valence-electron chi connectivity index (χ2n) is 4.04. The first-order chi connectivity index (χ1) is 8.61. The van der Waals surface area contributed by atoms with Gasteiger partial charge in [0.2, 0.25) is 0 Å². The molecular formula is C13H14BrN3O. The van der Waals surface area contributed by atoms with Crippen LogP contribution in [0.5, 0.6) is 0 Å². The molecule has 2 rings (SSSR count). The molecule has 0 radical (unpaired) electrons. The standard InChI is InChI=1S/C13H14BrN3O/c1-3-9-7-15-17-12(9)16-13(18)11-5-4-10(14)6-8(11)2/h4-7H,3H2,1-2H3,(H2,15,16,17,18). The van der Waals surface area contributed by atoms with Crippen molar-refractivity contribution in [3.63, 3.8) is 0 Å². The summed E-state index contributed by atoms with van der Waals surface area (Å²) in [6.45, 7) is 3.93. The number of anilines is 1.